The zero-order chi connectivity index (χ0) is 34.8. The molecule has 1 amide bonds. The van der Waals surface area contributed by atoms with Gasteiger partial charge in [0.1, 0.15) is 35.9 Å². The van der Waals surface area contributed by atoms with Gasteiger partial charge < -0.3 is 34.5 Å². The molecule has 0 saturated heterocycles. The number of ether oxygens (including phenoxy) is 4. The van der Waals surface area contributed by atoms with Crippen LogP contribution in [0.3, 0.4) is 0 Å². The van der Waals surface area contributed by atoms with Gasteiger partial charge in [0.2, 0.25) is 5.60 Å². The van der Waals surface area contributed by atoms with Crippen LogP contribution < -0.4 is 19.5 Å². The van der Waals surface area contributed by atoms with E-state index < -0.39 is 59.1 Å². The quantitative estimate of drug-likeness (QED) is 0.171. The van der Waals surface area contributed by atoms with Crippen LogP contribution in [0.2, 0.25) is 0 Å². The number of alkyl carbamates (subject to hydrolysis) is 1. The Bertz CT molecular complexity index is 1620. The monoisotopic (exact) mass is 664 g/mol. The highest BCUT2D eigenvalue weighted by molar-refractivity contribution is 5.96. The van der Waals surface area contributed by atoms with Crippen LogP contribution in [0.15, 0.2) is 48.5 Å². The minimum atomic E-state index is -5.32. The third-order valence-corrected chi connectivity index (χ3v) is 7.41. The average molecular weight is 665 g/mol. The molecule has 14 heteroatoms. The summed E-state index contributed by atoms with van der Waals surface area (Å²) in [6.45, 7) is 5.89. The number of carbonyl (C=O) groups excluding carboxylic acids is 2. The molecule has 1 aromatic heterocycles. The van der Waals surface area contributed by atoms with Gasteiger partial charge in [0.25, 0.3) is 0 Å². The lowest BCUT2D eigenvalue weighted by Crippen LogP contribution is -2.47. The standard InChI is InChI=1S/C33H36F4N2O8/c1-30(2,3)47-29(42)39-31(4)18-46-28-22(31)17-26(38-27(28)19-6-9-21(34)10-7-19)32(43,33(35,36)37)13-12-23(41)20-8-11-24(45-15-14-40)25(16-20)44-5/h6-11,16-17,40,43H,12-15,18H2,1-5H3,(H,39,42). The molecule has 0 saturated carbocycles. The number of pyridine rings is 1. The Labute approximate surface area is 268 Å². The Balaban J connectivity index is 1.77. The maximum absolute atomic E-state index is 14.8. The zero-order valence-electron chi connectivity index (χ0n) is 26.5. The molecule has 0 bridgehead atoms. The van der Waals surface area contributed by atoms with Crippen molar-refractivity contribution in [2.24, 2.45) is 0 Å². The number of rotatable bonds is 11. The minimum Gasteiger partial charge on any atom is -0.493 e. The van der Waals surface area contributed by atoms with Gasteiger partial charge >= 0.3 is 12.3 Å². The molecular weight excluding hydrogens is 628 g/mol. The topological polar surface area (TPSA) is 136 Å². The van der Waals surface area contributed by atoms with Gasteiger partial charge in [-0.15, -0.1) is 0 Å². The molecule has 2 heterocycles. The highest BCUT2D eigenvalue weighted by atomic mass is 19.4. The number of Topliss-reactive ketones (excluding diaryl/α,β-unsaturated/α-hetero) is 1. The Hall–Kier alpha value is -4.43. The van der Waals surface area contributed by atoms with Crippen LogP contribution >= 0.6 is 0 Å². The minimum absolute atomic E-state index is 0.000766. The fourth-order valence-corrected chi connectivity index (χ4v) is 5.00. The van der Waals surface area contributed by atoms with Crippen LogP contribution in [0.1, 0.15) is 62.2 Å². The van der Waals surface area contributed by atoms with E-state index in [4.69, 9.17) is 24.1 Å². The summed E-state index contributed by atoms with van der Waals surface area (Å²) in [5, 5.41) is 23.0. The van der Waals surface area contributed by atoms with Gasteiger partial charge in [-0.05, 0) is 82.6 Å². The maximum atomic E-state index is 14.8. The van der Waals surface area contributed by atoms with Crippen LogP contribution in [-0.2, 0) is 15.9 Å². The highest BCUT2D eigenvalue weighted by Gasteiger charge is 2.57. The van der Waals surface area contributed by atoms with Crippen LogP contribution in [0.4, 0.5) is 22.4 Å². The summed E-state index contributed by atoms with van der Waals surface area (Å²) in [7, 11) is 1.31. The van der Waals surface area contributed by atoms with Crippen LogP contribution in [0.25, 0.3) is 11.3 Å². The molecular formula is C33H36F4N2O8. The van der Waals surface area contributed by atoms with Crippen molar-refractivity contribution in [3.8, 4) is 28.5 Å². The number of methoxy groups -OCH3 is 1. The van der Waals surface area contributed by atoms with Crippen molar-refractivity contribution >= 4 is 11.9 Å². The van der Waals surface area contributed by atoms with Gasteiger partial charge in [-0.3, -0.25) is 4.79 Å². The Morgan fingerprint density at radius 1 is 1.06 bits per heavy atom. The van der Waals surface area contributed by atoms with Crippen LogP contribution in [0, 0.1) is 5.82 Å². The van der Waals surface area contributed by atoms with Gasteiger partial charge in [0.15, 0.2) is 23.0 Å². The van der Waals surface area contributed by atoms with Crippen molar-refractivity contribution in [3.05, 3.63) is 71.2 Å². The van der Waals surface area contributed by atoms with Gasteiger partial charge in [0.05, 0.1) is 19.4 Å². The normalized spacial score (nSPS) is 17.3. The van der Waals surface area contributed by atoms with Gasteiger partial charge in [-0.1, -0.05) is 0 Å². The summed E-state index contributed by atoms with van der Waals surface area (Å²) < 4.78 is 80.0. The lowest BCUT2D eigenvalue weighted by Gasteiger charge is -2.32. The van der Waals surface area contributed by atoms with Crippen molar-refractivity contribution in [2.45, 2.75) is 63.5 Å². The molecule has 47 heavy (non-hydrogen) atoms. The molecule has 0 radical (unpaired) electrons. The van der Waals surface area contributed by atoms with Crippen molar-refractivity contribution in [1.29, 1.82) is 0 Å². The van der Waals surface area contributed by atoms with E-state index in [0.717, 1.165) is 18.2 Å². The smallest absolute Gasteiger partial charge is 0.422 e. The Morgan fingerprint density at radius 3 is 2.34 bits per heavy atom. The fraction of sp³-hybridized carbons (Fsp3) is 0.424. The first-order chi connectivity index (χ1) is 21.9. The molecule has 0 spiro atoms. The second-order valence-electron chi connectivity index (χ2n) is 12.2. The number of aliphatic hydroxyl groups is 2. The number of aliphatic hydroxyl groups excluding tert-OH is 1. The number of alkyl halides is 3. The molecule has 0 fully saturated rings. The summed E-state index contributed by atoms with van der Waals surface area (Å²) in [5.74, 6) is -0.981. The summed E-state index contributed by atoms with van der Waals surface area (Å²) in [6.07, 6.45) is -8.06. The predicted octanol–water partition coefficient (Wildman–Crippen LogP) is 5.81. The summed E-state index contributed by atoms with van der Waals surface area (Å²) in [4.78, 5) is 30.1. The van der Waals surface area contributed by atoms with Gasteiger partial charge in [-0.2, -0.15) is 13.2 Å². The molecule has 4 rings (SSSR count). The van der Waals surface area contributed by atoms with E-state index in [1.807, 2.05) is 0 Å². The van der Waals surface area contributed by atoms with E-state index in [2.05, 4.69) is 10.3 Å². The second kappa shape index (κ2) is 13.4. The predicted molar refractivity (Wildman–Crippen MR) is 161 cm³/mol. The van der Waals surface area contributed by atoms with E-state index in [1.54, 1.807) is 20.8 Å². The number of halogens is 4. The largest absolute Gasteiger partial charge is 0.493 e. The Kier molecular flexibility index (Phi) is 10.1. The second-order valence-corrected chi connectivity index (χ2v) is 12.2. The molecule has 2 atom stereocenters. The molecule has 10 nitrogen and oxygen atoms in total. The van der Waals surface area contributed by atoms with E-state index in [0.29, 0.717) is 0 Å². The molecule has 2 aromatic carbocycles. The summed E-state index contributed by atoms with van der Waals surface area (Å²) >= 11 is 0. The van der Waals surface area contributed by atoms with Gasteiger partial charge in [0, 0.05) is 23.1 Å². The van der Waals surface area contributed by atoms with Crippen LogP contribution in [0.5, 0.6) is 17.2 Å². The van der Waals surface area contributed by atoms with E-state index in [-0.39, 0.29) is 59.5 Å². The fourth-order valence-electron chi connectivity index (χ4n) is 5.00. The molecule has 3 N–H and O–H groups in total. The molecule has 254 valence electrons. The molecule has 1 aliphatic heterocycles. The number of amides is 1. The summed E-state index contributed by atoms with van der Waals surface area (Å²) in [5.41, 5.74) is -6.70. The SMILES string of the molecule is COc1cc(C(=O)CCC(O)(c2cc3c(c(-c4ccc(F)cc4)n2)OCC3(C)NC(=O)OC(C)(C)C)C(F)(F)F)ccc1OCCO. The molecule has 1 aliphatic rings. The third kappa shape index (κ3) is 7.76. The number of hydrogen-bond acceptors (Lipinski definition) is 9. The summed E-state index contributed by atoms with van der Waals surface area (Å²) in [6, 6.07) is 9.74. The van der Waals surface area contributed by atoms with Crippen molar-refractivity contribution in [3.63, 3.8) is 0 Å². The van der Waals surface area contributed by atoms with Crippen molar-refractivity contribution in [2.75, 3.05) is 26.9 Å². The number of hydrogen-bond donors (Lipinski definition) is 3. The zero-order valence-corrected chi connectivity index (χ0v) is 26.5. The van der Waals surface area contributed by atoms with Crippen molar-refractivity contribution in [1.82, 2.24) is 10.3 Å². The van der Waals surface area contributed by atoms with E-state index in [9.17, 15) is 32.3 Å². The maximum Gasteiger partial charge on any atom is 0.422 e. The molecule has 3 aromatic rings. The first-order valence-corrected chi connectivity index (χ1v) is 14.6. The lowest BCUT2D eigenvalue weighted by atomic mass is 9.86. The third-order valence-electron chi connectivity index (χ3n) is 7.41. The van der Waals surface area contributed by atoms with Crippen molar-refractivity contribution < 1.29 is 56.3 Å². The number of carbonyl (C=O) groups is 2. The number of benzene rings is 2. The van der Waals surface area contributed by atoms with Crippen LogP contribution in [-0.4, -0.2) is 65.8 Å². The number of nitrogens with zero attached hydrogens (tertiary/aromatic N) is 1. The number of aromatic nitrogens is 1. The molecule has 0 aliphatic carbocycles. The lowest BCUT2D eigenvalue weighted by molar-refractivity contribution is -0.270. The Morgan fingerprint density at radius 2 is 1.74 bits per heavy atom. The number of ketones is 1. The number of nitrogens with one attached hydrogen (secondary N) is 1. The highest BCUT2D eigenvalue weighted by Crippen LogP contribution is 2.48. The number of fused-ring (bicyclic) bond motifs is 1. The van der Waals surface area contributed by atoms with E-state index in [1.165, 1.54) is 44.4 Å². The first kappa shape index (κ1) is 35.4. The average Bonchev–Trinajstić information content (AvgIpc) is 3.32. The molecule has 2 unspecified atom stereocenters. The van der Waals surface area contributed by atoms with E-state index >= 15 is 0 Å². The first-order valence-electron chi connectivity index (χ1n) is 14.6. The van der Waals surface area contributed by atoms with Gasteiger partial charge in [-0.25, -0.2) is 14.2 Å².